The van der Waals surface area contributed by atoms with Gasteiger partial charge in [-0.15, -0.1) is 12.4 Å². The topological polar surface area (TPSA) is 81.4 Å². The van der Waals surface area contributed by atoms with Crippen LogP contribution in [0.2, 0.25) is 10.0 Å². The number of halogens is 3. The summed E-state index contributed by atoms with van der Waals surface area (Å²) in [6.07, 6.45) is 0.636. The Morgan fingerprint density at radius 1 is 1.27 bits per heavy atom. The van der Waals surface area contributed by atoms with Crippen molar-refractivity contribution in [2.75, 3.05) is 13.7 Å². The number of nitrogens with one attached hydrogen (secondary N) is 1. The van der Waals surface area contributed by atoms with E-state index in [1.54, 1.807) is 0 Å². The maximum absolute atomic E-state index is 12.4. The predicted octanol–water partition coefficient (Wildman–Crippen LogP) is 3.08. The van der Waals surface area contributed by atoms with Crippen LogP contribution in [0.15, 0.2) is 17.0 Å². The summed E-state index contributed by atoms with van der Waals surface area (Å²) in [6.45, 7) is 4.20. The molecule has 128 valence electrons. The van der Waals surface area contributed by atoms with E-state index in [1.807, 2.05) is 13.8 Å². The zero-order valence-electron chi connectivity index (χ0n) is 12.6. The lowest BCUT2D eigenvalue weighted by Crippen LogP contribution is -2.41. The van der Waals surface area contributed by atoms with Crippen LogP contribution in [0.1, 0.15) is 20.3 Å². The number of benzene rings is 1. The van der Waals surface area contributed by atoms with Gasteiger partial charge in [-0.2, -0.15) is 0 Å². The fourth-order valence-electron chi connectivity index (χ4n) is 1.92. The summed E-state index contributed by atoms with van der Waals surface area (Å²) < 4.78 is 32.4. The van der Waals surface area contributed by atoms with Gasteiger partial charge in [0.1, 0.15) is 10.6 Å². The highest BCUT2D eigenvalue weighted by molar-refractivity contribution is 7.89. The summed E-state index contributed by atoms with van der Waals surface area (Å²) in [6, 6.07) is 2.29. The highest BCUT2D eigenvalue weighted by Gasteiger charge is 2.24. The van der Waals surface area contributed by atoms with E-state index >= 15 is 0 Å². The van der Waals surface area contributed by atoms with E-state index in [0.29, 0.717) is 18.1 Å². The average Bonchev–Trinajstić information content (AvgIpc) is 2.39. The third-order valence-corrected chi connectivity index (χ3v) is 5.14. The maximum atomic E-state index is 12.4. The third-order valence-electron chi connectivity index (χ3n) is 2.86. The van der Waals surface area contributed by atoms with E-state index in [9.17, 15) is 8.42 Å². The summed E-state index contributed by atoms with van der Waals surface area (Å²) in [5.74, 6) is 0.634. The first kappa shape index (κ1) is 21.8. The Kier molecular flexibility index (Phi) is 9.05. The maximum Gasteiger partial charge on any atom is 0.242 e. The van der Waals surface area contributed by atoms with Crippen LogP contribution in [0.5, 0.6) is 5.75 Å². The van der Waals surface area contributed by atoms with Crippen molar-refractivity contribution >= 4 is 45.6 Å². The number of rotatable bonds is 7. The molecule has 1 aromatic carbocycles. The summed E-state index contributed by atoms with van der Waals surface area (Å²) in [5, 5.41) is 0.222. The van der Waals surface area contributed by atoms with Gasteiger partial charge in [0.05, 0.1) is 17.2 Å². The second-order valence-electron chi connectivity index (χ2n) is 5.10. The predicted molar refractivity (Wildman–Crippen MR) is 92.9 cm³/mol. The van der Waals surface area contributed by atoms with Crippen molar-refractivity contribution in [1.29, 1.82) is 0 Å². The molecule has 0 aliphatic heterocycles. The fraction of sp³-hybridized carbons (Fsp3) is 0.538. The molecular weight excluding hydrogens is 371 g/mol. The normalized spacial score (nSPS) is 12.9. The quantitative estimate of drug-likeness (QED) is 0.748. The molecule has 0 spiro atoms. The summed E-state index contributed by atoms with van der Waals surface area (Å²) in [5.41, 5.74) is 5.61. The van der Waals surface area contributed by atoms with E-state index in [-0.39, 0.29) is 39.9 Å². The molecule has 0 bridgehead atoms. The Balaban J connectivity index is 0.00000441. The van der Waals surface area contributed by atoms with Gasteiger partial charge in [0, 0.05) is 18.7 Å². The number of hydrogen-bond acceptors (Lipinski definition) is 4. The molecule has 0 saturated carbocycles. The zero-order valence-corrected chi connectivity index (χ0v) is 15.7. The van der Waals surface area contributed by atoms with E-state index < -0.39 is 10.0 Å². The first-order chi connectivity index (χ1) is 9.71. The monoisotopic (exact) mass is 390 g/mol. The summed E-state index contributed by atoms with van der Waals surface area (Å²) in [4.78, 5) is -0.0860. The van der Waals surface area contributed by atoms with E-state index in [0.717, 1.165) is 0 Å². The fourth-order valence-corrected chi connectivity index (χ4v) is 4.03. The number of sulfonamides is 1. The van der Waals surface area contributed by atoms with Crippen molar-refractivity contribution < 1.29 is 13.2 Å². The Morgan fingerprint density at radius 3 is 2.32 bits per heavy atom. The largest absolute Gasteiger partial charge is 0.495 e. The molecule has 9 heteroatoms. The van der Waals surface area contributed by atoms with Gasteiger partial charge in [0.2, 0.25) is 10.0 Å². The highest BCUT2D eigenvalue weighted by atomic mass is 35.5. The molecule has 22 heavy (non-hydrogen) atoms. The van der Waals surface area contributed by atoms with E-state index in [4.69, 9.17) is 33.7 Å². The van der Waals surface area contributed by atoms with Crippen LogP contribution in [0.4, 0.5) is 0 Å². The van der Waals surface area contributed by atoms with Gasteiger partial charge in [-0.1, -0.05) is 37.0 Å². The van der Waals surface area contributed by atoms with Crippen LogP contribution in [0, 0.1) is 5.92 Å². The van der Waals surface area contributed by atoms with Gasteiger partial charge < -0.3 is 10.5 Å². The molecule has 0 fully saturated rings. The second kappa shape index (κ2) is 9.15. The Labute approximate surface area is 148 Å². The lowest BCUT2D eigenvalue weighted by Gasteiger charge is -2.19. The van der Waals surface area contributed by atoms with Crippen LogP contribution in [-0.4, -0.2) is 28.1 Å². The van der Waals surface area contributed by atoms with Gasteiger partial charge >= 0.3 is 0 Å². The second-order valence-corrected chi connectivity index (χ2v) is 7.60. The number of nitrogens with two attached hydrogens (primary N) is 1. The summed E-state index contributed by atoms with van der Waals surface area (Å²) in [7, 11) is -2.37. The van der Waals surface area contributed by atoms with Crippen LogP contribution in [0.25, 0.3) is 0 Å². The molecule has 1 rings (SSSR count). The van der Waals surface area contributed by atoms with E-state index in [1.165, 1.54) is 19.2 Å². The zero-order chi connectivity index (χ0) is 16.2. The van der Waals surface area contributed by atoms with Crippen molar-refractivity contribution in [3.63, 3.8) is 0 Å². The smallest absolute Gasteiger partial charge is 0.242 e. The lowest BCUT2D eigenvalue weighted by atomic mass is 10.1. The molecule has 0 aromatic heterocycles. The van der Waals surface area contributed by atoms with Gasteiger partial charge in [0.25, 0.3) is 0 Å². The Morgan fingerprint density at radius 2 is 1.86 bits per heavy atom. The number of methoxy groups -OCH3 is 1. The molecule has 0 heterocycles. The highest BCUT2D eigenvalue weighted by Crippen LogP contribution is 2.33. The van der Waals surface area contributed by atoms with Crippen molar-refractivity contribution in [3.05, 3.63) is 22.2 Å². The Hall–Kier alpha value is -0.240. The molecular formula is C13H21Cl3N2O3S. The molecule has 0 aliphatic carbocycles. The van der Waals surface area contributed by atoms with Gasteiger partial charge in [-0.25, -0.2) is 13.1 Å². The van der Waals surface area contributed by atoms with Crippen molar-refractivity contribution in [1.82, 2.24) is 4.72 Å². The van der Waals surface area contributed by atoms with Gasteiger partial charge in [-0.3, -0.25) is 0 Å². The summed E-state index contributed by atoms with van der Waals surface area (Å²) >= 11 is 12.0. The first-order valence-electron chi connectivity index (χ1n) is 6.46. The molecule has 3 N–H and O–H groups in total. The van der Waals surface area contributed by atoms with Crippen LogP contribution in [0.3, 0.4) is 0 Å². The molecule has 1 unspecified atom stereocenters. The average molecular weight is 392 g/mol. The number of hydrogen-bond donors (Lipinski definition) is 2. The minimum Gasteiger partial charge on any atom is -0.495 e. The number of ether oxygens (including phenoxy) is 1. The molecule has 1 atom stereocenters. The van der Waals surface area contributed by atoms with Crippen LogP contribution < -0.4 is 15.2 Å². The Bertz CT molecular complexity index is 594. The minimum absolute atomic E-state index is 0. The van der Waals surface area contributed by atoms with E-state index in [2.05, 4.69) is 4.72 Å². The first-order valence-corrected chi connectivity index (χ1v) is 8.70. The van der Waals surface area contributed by atoms with Crippen molar-refractivity contribution in [2.24, 2.45) is 11.7 Å². The lowest BCUT2D eigenvalue weighted by molar-refractivity contribution is 0.414. The van der Waals surface area contributed by atoms with Gasteiger partial charge in [0.15, 0.2) is 0 Å². The molecule has 0 amide bonds. The standard InChI is InChI=1S/C13H20Cl2N2O3S.ClH/c1-8(2)4-9(7-16)17-21(18,19)13-6-10(14)12(20-3)5-11(13)15;/h5-6,8-9,17H,4,7,16H2,1-3H3;1H. The molecule has 0 radical (unpaired) electrons. The van der Waals surface area contributed by atoms with Crippen molar-refractivity contribution in [2.45, 2.75) is 31.2 Å². The van der Waals surface area contributed by atoms with Gasteiger partial charge in [-0.05, 0) is 18.4 Å². The molecule has 1 aromatic rings. The third kappa shape index (κ3) is 5.76. The van der Waals surface area contributed by atoms with Crippen LogP contribution in [-0.2, 0) is 10.0 Å². The molecule has 0 saturated heterocycles. The van der Waals surface area contributed by atoms with Crippen LogP contribution >= 0.6 is 35.6 Å². The SMILES string of the molecule is COc1cc(Cl)c(S(=O)(=O)NC(CN)CC(C)C)cc1Cl.Cl. The molecule has 0 aliphatic rings. The minimum atomic E-state index is -3.80. The van der Waals surface area contributed by atoms with Crippen molar-refractivity contribution in [3.8, 4) is 5.75 Å². The molecule has 5 nitrogen and oxygen atoms in total.